The normalized spacial score (nSPS) is 19.0. The Hall–Kier alpha value is -2.89. The number of carbonyl (C=O) groups is 2. The van der Waals surface area contributed by atoms with E-state index >= 15 is 0 Å². The van der Waals surface area contributed by atoms with Crippen molar-refractivity contribution in [2.24, 2.45) is 0 Å². The lowest BCUT2D eigenvalue weighted by molar-refractivity contribution is -0.139. The second-order valence-electron chi connectivity index (χ2n) is 8.61. The van der Waals surface area contributed by atoms with Crippen LogP contribution in [0.5, 0.6) is 0 Å². The summed E-state index contributed by atoms with van der Waals surface area (Å²) >= 11 is 6.31. The van der Waals surface area contributed by atoms with Gasteiger partial charge in [0.1, 0.15) is 0 Å². The van der Waals surface area contributed by atoms with Crippen molar-refractivity contribution in [3.05, 3.63) is 82.4 Å². The zero-order valence-corrected chi connectivity index (χ0v) is 18.6. The molecule has 0 bridgehead atoms. The maximum Gasteiger partial charge on any atom is 0.237 e. The van der Waals surface area contributed by atoms with Crippen molar-refractivity contribution in [3.8, 4) is 0 Å². The Morgan fingerprint density at radius 2 is 1.88 bits per heavy atom. The van der Waals surface area contributed by atoms with E-state index in [1.54, 1.807) is 0 Å². The highest BCUT2D eigenvalue weighted by Crippen LogP contribution is 2.27. The minimum Gasteiger partial charge on any atom is -0.353 e. The number of rotatable bonds is 4. The van der Waals surface area contributed by atoms with E-state index in [1.165, 1.54) is 10.8 Å². The van der Waals surface area contributed by atoms with Crippen LogP contribution in [0.25, 0.3) is 10.8 Å². The Labute approximate surface area is 193 Å². The summed E-state index contributed by atoms with van der Waals surface area (Å²) in [5.74, 6) is -0.0490. The molecule has 1 fully saturated rings. The molecule has 1 N–H and O–H groups in total. The first-order valence-electron chi connectivity index (χ1n) is 11.1. The van der Waals surface area contributed by atoms with Gasteiger partial charge in [-0.1, -0.05) is 60.1 Å². The van der Waals surface area contributed by atoms with Crippen molar-refractivity contribution in [2.45, 2.75) is 32.0 Å². The Morgan fingerprint density at radius 1 is 1.03 bits per heavy atom. The molecule has 1 unspecified atom stereocenters. The number of nitrogens with one attached hydrogen (secondary N) is 1. The summed E-state index contributed by atoms with van der Waals surface area (Å²) in [6, 6.07) is 20.1. The van der Waals surface area contributed by atoms with E-state index in [4.69, 9.17) is 11.6 Å². The number of piperazine rings is 1. The van der Waals surface area contributed by atoms with Crippen LogP contribution < -0.4 is 5.32 Å². The molecule has 3 aromatic carbocycles. The molecule has 5 nitrogen and oxygen atoms in total. The molecule has 2 aliphatic heterocycles. The first-order chi connectivity index (χ1) is 15.6. The molecule has 0 aliphatic carbocycles. The van der Waals surface area contributed by atoms with E-state index in [9.17, 15) is 9.59 Å². The summed E-state index contributed by atoms with van der Waals surface area (Å²) in [6.45, 7) is 3.17. The highest BCUT2D eigenvalue weighted by Gasteiger charge is 2.33. The van der Waals surface area contributed by atoms with Gasteiger partial charge in [-0.05, 0) is 46.0 Å². The van der Waals surface area contributed by atoms with Crippen LogP contribution in [0.2, 0.25) is 5.02 Å². The minimum atomic E-state index is -0.455. The average Bonchev–Trinajstić information content (AvgIpc) is 2.81. The molecular weight excluding hydrogens is 422 g/mol. The van der Waals surface area contributed by atoms with Crippen LogP contribution in [0.15, 0.2) is 60.7 Å². The summed E-state index contributed by atoms with van der Waals surface area (Å²) in [5, 5.41) is 6.09. The third kappa shape index (κ3) is 4.23. The summed E-state index contributed by atoms with van der Waals surface area (Å²) in [7, 11) is 0. The fourth-order valence-electron chi connectivity index (χ4n) is 4.82. The molecule has 164 valence electrons. The molecule has 0 saturated carbocycles. The molecular formula is C26H26ClN3O2. The average molecular weight is 448 g/mol. The van der Waals surface area contributed by atoms with Gasteiger partial charge in [0.15, 0.2) is 0 Å². The van der Waals surface area contributed by atoms with E-state index in [0.717, 1.165) is 34.7 Å². The van der Waals surface area contributed by atoms with Gasteiger partial charge >= 0.3 is 0 Å². The Balaban J connectivity index is 1.30. The second-order valence-corrected chi connectivity index (χ2v) is 9.01. The highest BCUT2D eigenvalue weighted by atomic mass is 35.5. The van der Waals surface area contributed by atoms with Gasteiger partial charge in [-0.3, -0.25) is 14.5 Å². The fraction of sp³-hybridized carbons (Fsp3) is 0.308. The van der Waals surface area contributed by atoms with Gasteiger partial charge in [0.05, 0.1) is 12.5 Å². The smallest absolute Gasteiger partial charge is 0.237 e. The first-order valence-corrected chi connectivity index (χ1v) is 11.5. The van der Waals surface area contributed by atoms with E-state index in [2.05, 4.69) is 40.5 Å². The molecule has 2 aliphatic rings. The van der Waals surface area contributed by atoms with E-state index in [1.807, 2.05) is 35.2 Å². The number of benzene rings is 3. The van der Waals surface area contributed by atoms with E-state index in [0.29, 0.717) is 26.2 Å². The maximum absolute atomic E-state index is 13.2. The van der Waals surface area contributed by atoms with Crippen molar-refractivity contribution in [3.63, 3.8) is 0 Å². The van der Waals surface area contributed by atoms with Gasteiger partial charge in [-0.15, -0.1) is 0 Å². The largest absolute Gasteiger partial charge is 0.353 e. The Bertz CT molecular complexity index is 1180. The van der Waals surface area contributed by atoms with Crippen molar-refractivity contribution in [1.29, 1.82) is 0 Å². The molecule has 0 radical (unpaired) electrons. The monoisotopic (exact) mass is 447 g/mol. The van der Waals surface area contributed by atoms with E-state index < -0.39 is 6.04 Å². The van der Waals surface area contributed by atoms with Crippen LogP contribution >= 0.6 is 11.6 Å². The Morgan fingerprint density at radius 3 is 2.75 bits per heavy atom. The van der Waals surface area contributed by atoms with Crippen LogP contribution in [0.3, 0.4) is 0 Å². The molecule has 2 heterocycles. The topological polar surface area (TPSA) is 52.7 Å². The number of nitrogens with zero attached hydrogens (tertiary/aromatic N) is 2. The SMILES string of the molecule is O=C1NCCN(Cc2ccc3ccccc3c2)C1CC(=O)N1CCc2c(Cl)cccc2C1. The lowest BCUT2D eigenvalue weighted by Crippen LogP contribution is -2.56. The van der Waals surface area contributed by atoms with Crippen molar-refractivity contribution in [1.82, 2.24) is 15.1 Å². The summed E-state index contributed by atoms with van der Waals surface area (Å²) in [5.41, 5.74) is 3.38. The van der Waals surface area contributed by atoms with Crippen LogP contribution in [-0.4, -0.2) is 47.3 Å². The molecule has 2 amide bonds. The van der Waals surface area contributed by atoms with Gasteiger partial charge in [0.25, 0.3) is 0 Å². The molecule has 1 atom stereocenters. The Kier molecular flexibility index (Phi) is 5.85. The third-order valence-electron chi connectivity index (χ3n) is 6.57. The summed E-state index contributed by atoms with van der Waals surface area (Å²) in [4.78, 5) is 29.9. The predicted molar refractivity (Wildman–Crippen MR) is 126 cm³/mol. The third-order valence-corrected chi connectivity index (χ3v) is 6.92. The van der Waals surface area contributed by atoms with Gasteiger partial charge in [-0.2, -0.15) is 0 Å². The summed E-state index contributed by atoms with van der Waals surface area (Å²) < 4.78 is 0. The number of carbonyl (C=O) groups excluding carboxylic acids is 2. The molecule has 0 aromatic heterocycles. The molecule has 0 spiro atoms. The summed E-state index contributed by atoms with van der Waals surface area (Å²) in [6.07, 6.45) is 0.938. The van der Waals surface area contributed by atoms with Crippen molar-refractivity contribution < 1.29 is 9.59 Å². The molecule has 32 heavy (non-hydrogen) atoms. The number of amides is 2. The molecule has 3 aromatic rings. The number of halogens is 1. The van der Waals surface area contributed by atoms with E-state index in [-0.39, 0.29) is 18.2 Å². The van der Waals surface area contributed by atoms with Gasteiger partial charge in [0.2, 0.25) is 11.8 Å². The quantitative estimate of drug-likeness (QED) is 0.662. The number of hydrogen-bond donors (Lipinski definition) is 1. The first kappa shape index (κ1) is 21.0. The lowest BCUT2D eigenvalue weighted by Gasteiger charge is -2.36. The zero-order valence-electron chi connectivity index (χ0n) is 17.9. The van der Waals surface area contributed by atoms with Crippen LogP contribution in [0, 0.1) is 0 Å². The van der Waals surface area contributed by atoms with Crippen LogP contribution in [-0.2, 0) is 29.1 Å². The van der Waals surface area contributed by atoms with Crippen molar-refractivity contribution in [2.75, 3.05) is 19.6 Å². The van der Waals surface area contributed by atoms with Crippen molar-refractivity contribution >= 4 is 34.2 Å². The van der Waals surface area contributed by atoms with Gasteiger partial charge in [-0.25, -0.2) is 0 Å². The maximum atomic E-state index is 13.2. The fourth-order valence-corrected chi connectivity index (χ4v) is 5.10. The highest BCUT2D eigenvalue weighted by molar-refractivity contribution is 6.31. The molecule has 6 heteroatoms. The number of fused-ring (bicyclic) bond motifs is 2. The predicted octanol–water partition coefficient (Wildman–Crippen LogP) is 3.77. The van der Waals surface area contributed by atoms with Gasteiger partial charge < -0.3 is 10.2 Å². The standard InChI is InChI=1S/C26H26ClN3O2/c27-23-7-3-6-21-17-30(12-10-22(21)23)25(31)15-24-26(32)28-11-13-29(24)16-18-8-9-19-4-1-2-5-20(19)14-18/h1-9,14,24H,10-13,15-17H2,(H,28,32). The van der Waals surface area contributed by atoms with Crippen LogP contribution in [0.4, 0.5) is 0 Å². The molecule has 5 rings (SSSR count). The van der Waals surface area contributed by atoms with Gasteiger partial charge in [0, 0.05) is 37.7 Å². The van der Waals surface area contributed by atoms with Crippen LogP contribution in [0.1, 0.15) is 23.1 Å². The zero-order chi connectivity index (χ0) is 22.1. The minimum absolute atomic E-state index is 0.0150. The lowest BCUT2D eigenvalue weighted by atomic mass is 9.98. The number of hydrogen-bond acceptors (Lipinski definition) is 3. The molecule has 1 saturated heterocycles. The second kappa shape index (κ2) is 8.93.